The van der Waals surface area contributed by atoms with Crippen LogP contribution in [-0.2, 0) is 4.79 Å². The molecule has 0 aliphatic rings. The zero-order chi connectivity index (χ0) is 13.5. The van der Waals surface area contributed by atoms with Crippen molar-refractivity contribution in [2.75, 3.05) is 11.9 Å². The van der Waals surface area contributed by atoms with Gasteiger partial charge in [0, 0.05) is 10.1 Å². The quantitative estimate of drug-likeness (QED) is 0.584. The average molecular weight is 381 g/mol. The molecule has 1 atom stereocenters. The normalized spacial score (nSPS) is 12.0. The molecule has 0 fully saturated rings. The van der Waals surface area contributed by atoms with Gasteiger partial charge in [0.15, 0.2) is 0 Å². The van der Waals surface area contributed by atoms with Crippen molar-refractivity contribution < 1.29 is 4.79 Å². The predicted octanol–water partition coefficient (Wildman–Crippen LogP) is 3.66. The van der Waals surface area contributed by atoms with Crippen molar-refractivity contribution in [1.82, 2.24) is 5.32 Å². The fourth-order valence-electron chi connectivity index (χ4n) is 1.45. The van der Waals surface area contributed by atoms with Crippen molar-refractivity contribution in [2.45, 2.75) is 32.7 Å². The molecule has 1 rings (SSSR count). The number of unbranched alkanes of at least 4 members (excludes halogenated alkanes) is 1. The van der Waals surface area contributed by atoms with Gasteiger partial charge in [0.1, 0.15) is 6.04 Å². The van der Waals surface area contributed by atoms with Crippen LogP contribution in [0.5, 0.6) is 0 Å². The van der Waals surface area contributed by atoms with Crippen LogP contribution in [0.15, 0.2) is 18.2 Å². The molecule has 0 bridgehead atoms. The summed E-state index contributed by atoms with van der Waals surface area (Å²) in [6.07, 6.45) is 2.08. The van der Waals surface area contributed by atoms with E-state index in [4.69, 9.17) is 11.6 Å². The number of anilines is 1. The summed E-state index contributed by atoms with van der Waals surface area (Å²) in [6.45, 7) is 4.65. The fourth-order valence-corrected chi connectivity index (χ4v) is 2.36. The zero-order valence-corrected chi connectivity index (χ0v) is 13.5. The predicted molar refractivity (Wildman–Crippen MR) is 85.2 cm³/mol. The highest BCUT2D eigenvalue weighted by Crippen LogP contribution is 2.24. The van der Waals surface area contributed by atoms with Crippen LogP contribution in [0.3, 0.4) is 0 Å². The van der Waals surface area contributed by atoms with Crippen molar-refractivity contribution in [2.24, 2.45) is 0 Å². The third-order valence-corrected chi connectivity index (χ3v) is 3.51. The minimum atomic E-state index is -0.292. The first-order valence-electron chi connectivity index (χ1n) is 6.04. The van der Waals surface area contributed by atoms with Gasteiger partial charge in [-0.05, 0) is 54.1 Å². The van der Waals surface area contributed by atoms with Crippen molar-refractivity contribution >= 4 is 45.8 Å². The van der Waals surface area contributed by atoms with Gasteiger partial charge in [-0.3, -0.25) is 4.79 Å². The molecular formula is C13H18ClIN2O. The van der Waals surface area contributed by atoms with Crippen LogP contribution in [0.25, 0.3) is 0 Å². The molecule has 1 aromatic rings. The summed E-state index contributed by atoms with van der Waals surface area (Å²) in [6, 6.07) is 5.42. The molecule has 2 N–H and O–H groups in total. The Kier molecular flexibility index (Phi) is 6.78. The number of amides is 1. The van der Waals surface area contributed by atoms with E-state index in [0.717, 1.165) is 28.6 Å². The molecule has 0 spiro atoms. The number of hydrogen-bond donors (Lipinski definition) is 2. The van der Waals surface area contributed by atoms with Gasteiger partial charge < -0.3 is 10.6 Å². The molecule has 0 saturated carbocycles. The molecule has 1 aromatic carbocycles. The van der Waals surface area contributed by atoms with E-state index in [1.165, 1.54) is 0 Å². The minimum Gasteiger partial charge on any atom is -0.373 e. The molecule has 0 aromatic heterocycles. The third kappa shape index (κ3) is 5.02. The van der Waals surface area contributed by atoms with Gasteiger partial charge in [0.25, 0.3) is 0 Å². The Balaban J connectivity index is 2.53. The Bertz CT molecular complexity index is 412. The summed E-state index contributed by atoms with van der Waals surface area (Å²) >= 11 is 8.31. The van der Waals surface area contributed by atoms with Crippen molar-refractivity contribution in [3.8, 4) is 0 Å². The average Bonchev–Trinajstić information content (AvgIpc) is 2.32. The molecule has 100 valence electrons. The lowest BCUT2D eigenvalue weighted by molar-refractivity contribution is -0.121. The number of benzene rings is 1. The molecule has 1 unspecified atom stereocenters. The molecule has 1 amide bonds. The Morgan fingerprint density at radius 3 is 2.83 bits per heavy atom. The van der Waals surface area contributed by atoms with E-state index >= 15 is 0 Å². The van der Waals surface area contributed by atoms with Crippen LogP contribution < -0.4 is 10.6 Å². The van der Waals surface area contributed by atoms with E-state index in [-0.39, 0.29) is 11.9 Å². The lowest BCUT2D eigenvalue weighted by Crippen LogP contribution is -2.38. The second-order valence-electron chi connectivity index (χ2n) is 4.13. The Labute approximate surface area is 127 Å². The summed E-state index contributed by atoms with van der Waals surface area (Å²) in [5.74, 6) is -0.00179. The Morgan fingerprint density at radius 2 is 2.22 bits per heavy atom. The molecule has 0 aliphatic heterocycles. The smallest absolute Gasteiger partial charge is 0.242 e. The summed E-state index contributed by atoms with van der Waals surface area (Å²) in [4.78, 5) is 11.8. The van der Waals surface area contributed by atoms with E-state index in [0.29, 0.717) is 5.02 Å². The molecule has 0 saturated heterocycles. The third-order valence-electron chi connectivity index (χ3n) is 2.53. The number of hydrogen-bond acceptors (Lipinski definition) is 2. The molecule has 5 heteroatoms. The fraction of sp³-hybridized carbons (Fsp3) is 0.462. The van der Waals surface area contributed by atoms with Gasteiger partial charge in [-0.25, -0.2) is 0 Å². The van der Waals surface area contributed by atoms with Crippen LogP contribution in [0.1, 0.15) is 26.7 Å². The maximum atomic E-state index is 11.8. The highest BCUT2D eigenvalue weighted by Gasteiger charge is 2.13. The van der Waals surface area contributed by atoms with Crippen LogP contribution in [0, 0.1) is 3.57 Å². The Hall–Kier alpha value is -0.490. The van der Waals surface area contributed by atoms with E-state index in [1.54, 1.807) is 0 Å². The maximum Gasteiger partial charge on any atom is 0.242 e. The zero-order valence-electron chi connectivity index (χ0n) is 10.6. The standard InChI is InChI=1S/C13H18ClIN2O/c1-3-4-7-16-13(18)9(2)17-12-6-5-10(15)8-11(12)14/h5-6,8-9,17H,3-4,7H2,1-2H3,(H,16,18). The molecule has 0 heterocycles. The first kappa shape index (κ1) is 15.6. The van der Waals surface area contributed by atoms with Crippen LogP contribution in [0.2, 0.25) is 5.02 Å². The van der Waals surface area contributed by atoms with Gasteiger partial charge in [-0.15, -0.1) is 0 Å². The molecule has 0 radical (unpaired) electrons. The largest absolute Gasteiger partial charge is 0.373 e. The lowest BCUT2D eigenvalue weighted by atomic mass is 10.2. The van der Waals surface area contributed by atoms with Gasteiger partial charge >= 0.3 is 0 Å². The van der Waals surface area contributed by atoms with Gasteiger partial charge in [-0.1, -0.05) is 24.9 Å². The number of rotatable bonds is 6. The Morgan fingerprint density at radius 1 is 1.50 bits per heavy atom. The second kappa shape index (κ2) is 7.84. The van der Waals surface area contributed by atoms with Crippen LogP contribution in [-0.4, -0.2) is 18.5 Å². The molecule has 3 nitrogen and oxygen atoms in total. The monoisotopic (exact) mass is 380 g/mol. The summed E-state index contributed by atoms with van der Waals surface area (Å²) in [7, 11) is 0. The van der Waals surface area contributed by atoms with Gasteiger partial charge in [-0.2, -0.15) is 0 Å². The number of nitrogens with one attached hydrogen (secondary N) is 2. The molecule has 0 aliphatic carbocycles. The van der Waals surface area contributed by atoms with Crippen molar-refractivity contribution in [3.63, 3.8) is 0 Å². The first-order valence-corrected chi connectivity index (χ1v) is 7.49. The highest BCUT2D eigenvalue weighted by molar-refractivity contribution is 14.1. The lowest BCUT2D eigenvalue weighted by Gasteiger charge is -2.16. The number of halogens is 2. The van der Waals surface area contributed by atoms with E-state index in [1.807, 2.05) is 25.1 Å². The van der Waals surface area contributed by atoms with Crippen LogP contribution in [0.4, 0.5) is 5.69 Å². The number of carbonyl (C=O) groups is 1. The molecule has 18 heavy (non-hydrogen) atoms. The van der Waals surface area contributed by atoms with Crippen LogP contribution >= 0.6 is 34.2 Å². The summed E-state index contributed by atoms with van der Waals surface area (Å²) in [5.41, 5.74) is 0.787. The maximum absolute atomic E-state index is 11.8. The van der Waals surface area contributed by atoms with Gasteiger partial charge in [0.2, 0.25) is 5.91 Å². The summed E-state index contributed by atoms with van der Waals surface area (Å²) < 4.78 is 1.07. The molecular weight excluding hydrogens is 363 g/mol. The van der Waals surface area contributed by atoms with E-state index in [2.05, 4.69) is 40.1 Å². The van der Waals surface area contributed by atoms with Gasteiger partial charge in [0.05, 0.1) is 10.7 Å². The minimum absolute atomic E-state index is 0.00179. The second-order valence-corrected chi connectivity index (χ2v) is 5.79. The highest BCUT2D eigenvalue weighted by atomic mass is 127. The number of carbonyl (C=O) groups excluding carboxylic acids is 1. The van der Waals surface area contributed by atoms with Crippen molar-refractivity contribution in [1.29, 1.82) is 0 Å². The summed E-state index contributed by atoms with van der Waals surface area (Å²) in [5, 5.41) is 6.64. The SMILES string of the molecule is CCCCNC(=O)C(C)Nc1ccc(I)cc1Cl. The topological polar surface area (TPSA) is 41.1 Å². The van der Waals surface area contributed by atoms with Crippen molar-refractivity contribution in [3.05, 3.63) is 26.8 Å². The van der Waals surface area contributed by atoms with E-state index in [9.17, 15) is 4.79 Å². The van der Waals surface area contributed by atoms with E-state index < -0.39 is 0 Å². The first-order chi connectivity index (χ1) is 8.54.